The van der Waals surface area contributed by atoms with Crippen LogP contribution in [-0.2, 0) is 10.1 Å². The quantitative estimate of drug-likeness (QED) is 0.265. The molecule has 0 saturated carbocycles. The van der Waals surface area contributed by atoms with E-state index in [1.165, 1.54) is 24.3 Å². The first-order valence-electron chi connectivity index (χ1n) is 9.47. The molecule has 8 nitrogen and oxygen atoms in total. The molecule has 1 saturated heterocycles. The first kappa shape index (κ1) is 22.0. The molecule has 1 aliphatic heterocycles. The van der Waals surface area contributed by atoms with Gasteiger partial charge in [0.25, 0.3) is 0 Å². The second-order valence-corrected chi connectivity index (χ2v) is 9.20. The Morgan fingerprint density at radius 2 is 1.90 bits per heavy atom. The molecule has 2 aromatic rings. The summed E-state index contributed by atoms with van der Waals surface area (Å²) in [4.78, 5) is 1.65. The summed E-state index contributed by atoms with van der Waals surface area (Å²) in [5.74, 6) is 1.08. The van der Waals surface area contributed by atoms with E-state index in [1.807, 2.05) is 17.9 Å². The van der Waals surface area contributed by atoms with Crippen LogP contribution >= 0.6 is 11.6 Å². The molecule has 1 fully saturated rings. The lowest BCUT2D eigenvalue weighted by Crippen LogP contribution is -2.43. The molecule has 30 heavy (non-hydrogen) atoms. The smallest absolute Gasteiger partial charge is 0.340 e. The van der Waals surface area contributed by atoms with Crippen LogP contribution in [0.3, 0.4) is 0 Å². The predicted octanol–water partition coefficient (Wildman–Crippen LogP) is 2.98. The van der Waals surface area contributed by atoms with Crippen LogP contribution in [0.15, 0.2) is 41.3 Å². The lowest BCUT2D eigenvalue weighted by molar-refractivity contribution is 0.180. The van der Waals surface area contributed by atoms with Gasteiger partial charge in [0.15, 0.2) is 5.96 Å². The molecule has 3 rings (SSSR count). The van der Waals surface area contributed by atoms with Crippen molar-refractivity contribution in [3.63, 3.8) is 0 Å². The molecule has 0 bridgehead atoms. The Bertz CT molecular complexity index is 1040. The van der Waals surface area contributed by atoms with E-state index in [0.717, 1.165) is 31.5 Å². The van der Waals surface area contributed by atoms with Crippen molar-refractivity contribution in [2.45, 2.75) is 24.7 Å². The summed E-state index contributed by atoms with van der Waals surface area (Å²) in [5.41, 5.74) is 12.2. The van der Waals surface area contributed by atoms with Gasteiger partial charge in [-0.1, -0.05) is 17.7 Å². The molecule has 0 aromatic heterocycles. The van der Waals surface area contributed by atoms with Gasteiger partial charge in [-0.25, -0.2) is 0 Å². The molecule has 0 amide bonds. The molecule has 162 valence electrons. The van der Waals surface area contributed by atoms with Gasteiger partial charge in [0, 0.05) is 19.2 Å². The molecule has 0 aliphatic carbocycles. The summed E-state index contributed by atoms with van der Waals surface area (Å²) in [6.45, 7) is 3.77. The fourth-order valence-electron chi connectivity index (χ4n) is 3.29. The van der Waals surface area contributed by atoms with Crippen molar-refractivity contribution < 1.29 is 17.3 Å². The lowest BCUT2D eigenvalue weighted by atomic mass is 9.98. The number of ether oxygens (including phenoxy) is 1. The van der Waals surface area contributed by atoms with Crippen LogP contribution in [0.4, 0.5) is 5.69 Å². The molecule has 10 heteroatoms. The van der Waals surface area contributed by atoms with Crippen molar-refractivity contribution in [3.8, 4) is 11.5 Å². The third-order valence-electron chi connectivity index (χ3n) is 4.93. The van der Waals surface area contributed by atoms with Crippen molar-refractivity contribution in [2.75, 3.05) is 25.4 Å². The first-order chi connectivity index (χ1) is 14.2. The number of hydrogen-bond acceptors (Lipinski definition) is 6. The topological polar surface area (TPSA) is 132 Å². The Morgan fingerprint density at radius 3 is 2.57 bits per heavy atom. The average molecular weight is 453 g/mol. The number of nitrogens with zero attached hydrogens (tertiary/aromatic N) is 1. The van der Waals surface area contributed by atoms with Crippen molar-refractivity contribution in [3.05, 3.63) is 47.0 Å². The van der Waals surface area contributed by atoms with Crippen LogP contribution in [0.25, 0.3) is 0 Å². The number of nitrogen functional groups attached to an aromatic ring is 1. The van der Waals surface area contributed by atoms with Gasteiger partial charge in [-0.3, -0.25) is 5.41 Å². The standard InChI is InChI=1S/C20H25ClN4O4S/c1-13-9-15(28-12-14-5-7-25(8-6-14)20(23)24)11-16(10-13)29-30(26,27)18-4-2-3-17(22)19(18)21/h2-4,9-11,14H,5-8,12,22H2,1H3,(H3,23,24). The fourth-order valence-corrected chi connectivity index (χ4v) is 4.72. The molecule has 0 radical (unpaired) electrons. The predicted molar refractivity (Wildman–Crippen MR) is 117 cm³/mol. The van der Waals surface area contributed by atoms with Crippen molar-refractivity contribution in [2.24, 2.45) is 11.7 Å². The van der Waals surface area contributed by atoms with Crippen molar-refractivity contribution in [1.82, 2.24) is 4.90 Å². The number of benzene rings is 2. The molecule has 2 aromatic carbocycles. The Hall–Kier alpha value is -2.65. The zero-order valence-corrected chi connectivity index (χ0v) is 18.2. The first-order valence-corrected chi connectivity index (χ1v) is 11.3. The average Bonchev–Trinajstić information content (AvgIpc) is 2.68. The number of aryl methyl sites for hydroxylation is 1. The maximum absolute atomic E-state index is 12.7. The van der Waals surface area contributed by atoms with E-state index in [2.05, 4.69) is 0 Å². The summed E-state index contributed by atoms with van der Waals surface area (Å²) in [6.07, 6.45) is 1.74. The monoisotopic (exact) mass is 452 g/mol. The fraction of sp³-hybridized carbons (Fsp3) is 0.350. The van der Waals surface area contributed by atoms with E-state index in [0.29, 0.717) is 18.3 Å². The van der Waals surface area contributed by atoms with Crippen LogP contribution in [0.1, 0.15) is 18.4 Å². The Kier molecular flexibility index (Phi) is 6.62. The minimum Gasteiger partial charge on any atom is -0.493 e. The number of guanidine groups is 1. The Labute approximate surface area is 181 Å². The highest BCUT2D eigenvalue weighted by molar-refractivity contribution is 7.87. The zero-order valence-electron chi connectivity index (χ0n) is 16.6. The second kappa shape index (κ2) is 9.01. The van der Waals surface area contributed by atoms with E-state index in [1.54, 1.807) is 6.07 Å². The van der Waals surface area contributed by atoms with Gasteiger partial charge in [0.05, 0.1) is 17.3 Å². The summed E-state index contributed by atoms with van der Waals surface area (Å²) >= 11 is 6.04. The lowest BCUT2D eigenvalue weighted by Gasteiger charge is -2.32. The van der Waals surface area contributed by atoms with Crippen LogP contribution in [0.5, 0.6) is 11.5 Å². The van der Waals surface area contributed by atoms with E-state index in [4.69, 9.17) is 37.4 Å². The molecular weight excluding hydrogens is 428 g/mol. The summed E-state index contributed by atoms with van der Waals surface area (Å²) in [7, 11) is -4.15. The summed E-state index contributed by atoms with van der Waals surface area (Å²) < 4.78 is 36.5. The highest BCUT2D eigenvalue weighted by Crippen LogP contribution is 2.31. The highest BCUT2D eigenvalue weighted by atomic mass is 35.5. The molecule has 0 atom stereocenters. The third-order valence-corrected chi connectivity index (χ3v) is 6.76. The number of piperidine rings is 1. The van der Waals surface area contributed by atoms with Gasteiger partial charge in [-0.15, -0.1) is 0 Å². The van der Waals surface area contributed by atoms with Gasteiger partial charge in [0.2, 0.25) is 0 Å². The maximum Gasteiger partial charge on any atom is 0.340 e. The summed E-state index contributed by atoms with van der Waals surface area (Å²) in [6, 6.07) is 9.32. The van der Waals surface area contributed by atoms with E-state index >= 15 is 0 Å². The minimum atomic E-state index is -4.15. The number of anilines is 1. The van der Waals surface area contributed by atoms with E-state index < -0.39 is 10.1 Å². The molecule has 1 heterocycles. The molecule has 0 spiro atoms. The van der Waals surface area contributed by atoms with Crippen LogP contribution in [0, 0.1) is 18.3 Å². The highest BCUT2D eigenvalue weighted by Gasteiger charge is 2.23. The number of halogens is 1. The van der Waals surface area contributed by atoms with Crippen LogP contribution in [0.2, 0.25) is 5.02 Å². The number of hydrogen-bond donors (Lipinski definition) is 3. The number of nitrogens with one attached hydrogen (secondary N) is 1. The van der Waals surface area contributed by atoms with E-state index in [-0.39, 0.29) is 27.3 Å². The molecule has 5 N–H and O–H groups in total. The van der Waals surface area contributed by atoms with Gasteiger partial charge in [-0.05, 0) is 55.5 Å². The Morgan fingerprint density at radius 1 is 1.23 bits per heavy atom. The zero-order chi connectivity index (χ0) is 21.9. The van der Waals surface area contributed by atoms with Crippen molar-refractivity contribution >= 4 is 33.4 Å². The van der Waals surface area contributed by atoms with Crippen molar-refractivity contribution in [1.29, 1.82) is 5.41 Å². The summed E-state index contributed by atoms with van der Waals surface area (Å²) in [5, 5.41) is 7.42. The van der Waals surface area contributed by atoms with Gasteiger partial charge in [0.1, 0.15) is 16.4 Å². The Balaban J connectivity index is 1.68. The second-order valence-electron chi connectivity index (χ2n) is 7.31. The maximum atomic E-state index is 12.7. The van der Waals surface area contributed by atoms with Crippen LogP contribution in [-0.4, -0.2) is 39.0 Å². The van der Waals surface area contributed by atoms with Gasteiger partial charge in [-0.2, -0.15) is 8.42 Å². The third kappa shape index (κ3) is 5.28. The largest absolute Gasteiger partial charge is 0.493 e. The molecule has 1 aliphatic rings. The molecule has 0 unspecified atom stereocenters. The normalized spacial score (nSPS) is 15.1. The minimum absolute atomic E-state index is 0.0708. The number of nitrogens with two attached hydrogens (primary N) is 2. The SMILES string of the molecule is Cc1cc(OCC2CCN(C(=N)N)CC2)cc(OS(=O)(=O)c2cccc(N)c2Cl)c1. The molecular formula is C20H25ClN4O4S. The number of rotatable bonds is 6. The van der Waals surface area contributed by atoms with Gasteiger partial charge >= 0.3 is 10.1 Å². The van der Waals surface area contributed by atoms with Gasteiger partial charge < -0.3 is 25.3 Å². The van der Waals surface area contributed by atoms with E-state index in [9.17, 15) is 8.42 Å². The number of likely N-dealkylation sites (tertiary alicyclic amines) is 1. The van der Waals surface area contributed by atoms with Crippen LogP contribution < -0.4 is 20.4 Å².